The van der Waals surface area contributed by atoms with E-state index >= 15 is 0 Å². The molecule has 1 atom stereocenters. The van der Waals surface area contributed by atoms with E-state index in [-0.39, 0.29) is 23.3 Å². The Morgan fingerprint density at radius 3 is 2.89 bits per heavy atom. The van der Waals surface area contributed by atoms with E-state index in [9.17, 15) is 13.5 Å². The molecule has 2 N–H and O–H groups in total. The van der Waals surface area contributed by atoms with Crippen LogP contribution in [-0.2, 0) is 14.8 Å². The molecule has 1 aliphatic heterocycles. The van der Waals surface area contributed by atoms with Crippen LogP contribution >= 0.6 is 0 Å². The van der Waals surface area contributed by atoms with E-state index < -0.39 is 10.0 Å². The van der Waals surface area contributed by atoms with Gasteiger partial charge in [-0.05, 0) is 37.5 Å². The second kappa shape index (κ2) is 5.69. The van der Waals surface area contributed by atoms with Crippen LogP contribution in [0.3, 0.4) is 0 Å². The third kappa shape index (κ3) is 3.44. The van der Waals surface area contributed by atoms with Gasteiger partial charge in [-0.15, -0.1) is 0 Å². The summed E-state index contributed by atoms with van der Waals surface area (Å²) < 4.78 is 31.9. The van der Waals surface area contributed by atoms with Crippen LogP contribution in [0.15, 0.2) is 29.2 Å². The first-order chi connectivity index (χ1) is 8.58. The monoisotopic (exact) mass is 271 g/mol. The molecular weight excluding hydrogens is 254 g/mol. The summed E-state index contributed by atoms with van der Waals surface area (Å²) in [7, 11) is -3.57. The number of hydrogen-bond donors (Lipinski definition) is 2. The zero-order valence-corrected chi connectivity index (χ0v) is 10.8. The maximum atomic E-state index is 11.9. The molecule has 0 aromatic heterocycles. The summed E-state index contributed by atoms with van der Waals surface area (Å²) in [5.41, 5.74) is 0. The van der Waals surface area contributed by atoms with Crippen LogP contribution in [0.4, 0.5) is 0 Å². The molecule has 1 aliphatic rings. The van der Waals surface area contributed by atoms with Gasteiger partial charge in [0.25, 0.3) is 0 Å². The number of hydrogen-bond acceptors (Lipinski definition) is 4. The molecule has 18 heavy (non-hydrogen) atoms. The molecule has 1 heterocycles. The van der Waals surface area contributed by atoms with Gasteiger partial charge in [-0.25, -0.2) is 13.1 Å². The van der Waals surface area contributed by atoms with Crippen molar-refractivity contribution in [2.45, 2.75) is 30.3 Å². The number of aromatic hydroxyl groups is 1. The first-order valence-electron chi connectivity index (χ1n) is 5.98. The molecule has 0 radical (unpaired) electrons. The summed E-state index contributed by atoms with van der Waals surface area (Å²) in [5, 5.41) is 9.28. The molecule has 1 unspecified atom stereocenters. The molecule has 1 saturated heterocycles. The van der Waals surface area contributed by atoms with Crippen LogP contribution < -0.4 is 4.72 Å². The molecule has 0 aliphatic carbocycles. The number of ether oxygens (including phenoxy) is 1. The van der Waals surface area contributed by atoms with Gasteiger partial charge in [-0.3, -0.25) is 0 Å². The van der Waals surface area contributed by atoms with Crippen molar-refractivity contribution in [3.05, 3.63) is 24.3 Å². The maximum absolute atomic E-state index is 11.9. The number of phenols is 1. The Balaban J connectivity index is 1.98. The van der Waals surface area contributed by atoms with E-state index in [1.54, 1.807) is 0 Å². The molecule has 0 bridgehead atoms. The number of phenolic OH excluding ortho intramolecular Hbond substituents is 1. The minimum Gasteiger partial charge on any atom is -0.508 e. The third-order valence-electron chi connectivity index (χ3n) is 2.90. The maximum Gasteiger partial charge on any atom is 0.240 e. The first kappa shape index (κ1) is 13.3. The highest BCUT2D eigenvalue weighted by Gasteiger charge is 2.19. The van der Waals surface area contributed by atoms with Crippen molar-refractivity contribution in [1.29, 1.82) is 0 Å². The fourth-order valence-electron chi connectivity index (χ4n) is 1.91. The number of sulfonamides is 1. The first-order valence-corrected chi connectivity index (χ1v) is 7.46. The Labute approximate surface area is 107 Å². The Bertz CT molecular complexity index is 495. The smallest absolute Gasteiger partial charge is 0.240 e. The summed E-state index contributed by atoms with van der Waals surface area (Å²) in [6.07, 6.45) is 2.93. The van der Waals surface area contributed by atoms with Gasteiger partial charge in [-0.2, -0.15) is 0 Å². The van der Waals surface area contributed by atoms with Crippen molar-refractivity contribution in [3.63, 3.8) is 0 Å². The predicted molar refractivity (Wildman–Crippen MR) is 66.9 cm³/mol. The average Bonchev–Trinajstić information content (AvgIpc) is 2.38. The summed E-state index contributed by atoms with van der Waals surface area (Å²) in [4.78, 5) is 0.0679. The number of rotatable bonds is 4. The lowest BCUT2D eigenvalue weighted by molar-refractivity contribution is 0.0200. The molecule has 0 saturated carbocycles. The largest absolute Gasteiger partial charge is 0.508 e. The Morgan fingerprint density at radius 1 is 1.39 bits per heavy atom. The predicted octanol–water partition coefficient (Wildman–Crippen LogP) is 1.24. The van der Waals surface area contributed by atoms with Crippen LogP contribution in [0, 0.1) is 0 Å². The standard InChI is InChI=1S/C12H17NO4S/c14-10-4-3-6-12(8-10)18(15,16)13-9-11-5-1-2-7-17-11/h3-4,6,8,11,13-14H,1-2,5,7,9H2. The molecule has 0 amide bonds. The highest BCUT2D eigenvalue weighted by Crippen LogP contribution is 2.16. The lowest BCUT2D eigenvalue weighted by atomic mass is 10.1. The Morgan fingerprint density at radius 2 is 2.22 bits per heavy atom. The Kier molecular flexibility index (Phi) is 4.21. The summed E-state index contributed by atoms with van der Waals surface area (Å²) in [6.45, 7) is 0.969. The van der Waals surface area contributed by atoms with Gasteiger partial charge in [0, 0.05) is 13.2 Å². The fourth-order valence-corrected chi connectivity index (χ4v) is 3.01. The molecule has 5 nitrogen and oxygen atoms in total. The molecule has 1 fully saturated rings. The quantitative estimate of drug-likeness (QED) is 0.864. The lowest BCUT2D eigenvalue weighted by Gasteiger charge is -2.22. The SMILES string of the molecule is O=S(=O)(NCC1CCCCO1)c1cccc(O)c1. The van der Waals surface area contributed by atoms with Crippen LogP contribution in [0.2, 0.25) is 0 Å². The topological polar surface area (TPSA) is 75.6 Å². The van der Waals surface area contributed by atoms with E-state index in [2.05, 4.69) is 4.72 Å². The lowest BCUT2D eigenvalue weighted by Crippen LogP contribution is -2.35. The van der Waals surface area contributed by atoms with E-state index in [0.717, 1.165) is 19.3 Å². The summed E-state index contributed by atoms with van der Waals surface area (Å²) in [6, 6.07) is 5.61. The molecule has 0 spiro atoms. The molecule has 100 valence electrons. The second-order valence-corrected chi connectivity index (χ2v) is 6.10. The summed E-state index contributed by atoms with van der Waals surface area (Å²) >= 11 is 0. The van der Waals surface area contributed by atoms with Crippen molar-refractivity contribution in [1.82, 2.24) is 4.72 Å². The normalized spacial score (nSPS) is 20.8. The summed E-state index contributed by atoms with van der Waals surface area (Å²) in [5.74, 6) is -0.0632. The van der Waals surface area contributed by atoms with E-state index in [0.29, 0.717) is 6.61 Å². The zero-order chi connectivity index (χ0) is 13.0. The highest BCUT2D eigenvalue weighted by atomic mass is 32.2. The molecular formula is C12H17NO4S. The number of nitrogens with one attached hydrogen (secondary N) is 1. The molecule has 1 aromatic rings. The van der Waals surface area contributed by atoms with Crippen LogP contribution in [0.5, 0.6) is 5.75 Å². The molecule has 6 heteroatoms. The average molecular weight is 271 g/mol. The van der Waals surface area contributed by atoms with Crippen LogP contribution in [-0.4, -0.2) is 32.8 Å². The molecule has 1 aromatic carbocycles. The minimum absolute atomic E-state index is 0.0502. The van der Waals surface area contributed by atoms with Gasteiger partial charge < -0.3 is 9.84 Å². The van der Waals surface area contributed by atoms with Gasteiger partial charge in [-0.1, -0.05) is 6.07 Å². The van der Waals surface area contributed by atoms with Crippen molar-refractivity contribution < 1.29 is 18.3 Å². The fraction of sp³-hybridized carbons (Fsp3) is 0.500. The van der Waals surface area contributed by atoms with E-state index in [1.807, 2.05) is 0 Å². The number of benzene rings is 1. The van der Waals surface area contributed by atoms with Gasteiger partial charge in [0.15, 0.2) is 0 Å². The second-order valence-electron chi connectivity index (χ2n) is 4.34. The van der Waals surface area contributed by atoms with Gasteiger partial charge in [0.2, 0.25) is 10.0 Å². The van der Waals surface area contributed by atoms with Gasteiger partial charge in [0.1, 0.15) is 5.75 Å². The highest BCUT2D eigenvalue weighted by molar-refractivity contribution is 7.89. The van der Waals surface area contributed by atoms with Gasteiger partial charge >= 0.3 is 0 Å². The van der Waals surface area contributed by atoms with Crippen molar-refractivity contribution >= 4 is 10.0 Å². The third-order valence-corrected chi connectivity index (χ3v) is 4.32. The van der Waals surface area contributed by atoms with Crippen molar-refractivity contribution in [2.24, 2.45) is 0 Å². The van der Waals surface area contributed by atoms with Crippen molar-refractivity contribution in [3.8, 4) is 5.75 Å². The van der Waals surface area contributed by atoms with Crippen molar-refractivity contribution in [2.75, 3.05) is 13.2 Å². The van der Waals surface area contributed by atoms with E-state index in [1.165, 1.54) is 24.3 Å². The van der Waals surface area contributed by atoms with E-state index in [4.69, 9.17) is 4.74 Å². The van der Waals surface area contributed by atoms with Crippen LogP contribution in [0.25, 0.3) is 0 Å². The molecule has 2 rings (SSSR count). The van der Waals surface area contributed by atoms with Crippen LogP contribution in [0.1, 0.15) is 19.3 Å². The van der Waals surface area contributed by atoms with Gasteiger partial charge in [0.05, 0.1) is 11.0 Å². The zero-order valence-electron chi connectivity index (χ0n) is 10.0. The Hall–Kier alpha value is -1.11. The minimum atomic E-state index is -3.57.